The van der Waals surface area contributed by atoms with Gasteiger partial charge >= 0.3 is 39.0 Å². The van der Waals surface area contributed by atoms with Gasteiger partial charge in [0.15, 0.2) is 0 Å². The van der Waals surface area contributed by atoms with Crippen LogP contribution in [0, 0.1) is 23.2 Å². The summed E-state index contributed by atoms with van der Waals surface area (Å²) in [6, 6.07) is 25.4. The Kier molecular flexibility index (Phi) is 9.87. The van der Waals surface area contributed by atoms with Gasteiger partial charge in [-0.3, -0.25) is 4.79 Å². The first kappa shape index (κ1) is 36.3. The molecular formula is C37H42F6NO5P. The summed E-state index contributed by atoms with van der Waals surface area (Å²) in [6.07, 6.45) is 7.11. The number of pyridine rings is 1. The Hall–Kier alpha value is -3.47. The number of hydrogen-bond donors (Lipinski definition) is 0. The van der Waals surface area contributed by atoms with Crippen molar-refractivity contribution < 1.29 is 53.5 Å². The molecule has 272 valence electrons. The van der Waals surface area contributed by atoms with Crippen LogP contribution in [0.25, 0.3) is 32.9 Å². The topological polar surface area (TPSA) is 57.9 Å². The maximum atomic E-state index is 12.9. The third-order valence-corrected chi connectivity index (χ3v) is 10.0. The third-order valence-electron chi connectivity index (χ3n) is 10.0. The van der Waals surface area contributed by atoms with E-state index in [2.05, 4.69) is 72.3 Å². The van der Waals surface area contributed by atoms with Crippen LogP contribution in [0.2, 0.25) is 0 Å². The number of nitrogens with zero attached hydrogens (tertiary/aromatic N) is 1. The van der Waals surface area contributed by atoms with Gasteiger partial charge in [-0.2, -0.15) is 4.57 Å². The molecule has 13 heteroatoms. The van der Waals surface area contributed by atoms with Gasteiger partial charge in [-0.05, 0) is 86.1 Å². The Labute approximate surface area is 286 Å². The number of ether oxygens (including phenoxy) is 4. The average molecular weight is 726 g/mol. The van der Waals surface area contributed by atoms with E-state index >= 15 is 0 Å². The monoisotopic (exact) mass is 725 g/mol. The molecule has 0 radical (unpaired) electrons. The molecule has 6 nitrogen and oxygen atoms in total. The van der Waals surface area contributed by atoms with Crippen molar-refractivity contribution in [3.63, 3.8) is 0 Å². The molecule has 1 aromatic heterocycles. The molecule has 0 atom stereocenters. The van der Waals surface area contributed by atoms with Gasteiger partial charge in [0.05, 0.1) is 42.6 Å². The minimum absolute atomic E-state index is 0.0243. The van der Waals surface area contributed by atoms with Crippen molar-refractivity contribution in [2.45, 2.75) is 38.5 Å². The number of carbonyl (C=O) groups excluding carboxylic acids is 1. The van der Waals surface area contributed by atoms with Gasteiger partial charge in [0.25, 0.3) is 0 Å². The van der Waals surface area contributed by atoms with E-state index in [0.717, 1.165) is 48.3 Å². The number of aryl methyl sites for hydroxylation is 1. The zero-order valence-corrected chi connectivity index (χ0v) is 28.7. The number of rotatable bonds is 12. The molecule has 0 amide bonds. The first-order valence-electron chi connectivity index (χ1n) is 17.0. The van der Waals surface area contributed by atoms with Gasteiger partial charge in [0, 0.05) is 17.7 Å². The molecule has 8 rings (SSSR count). The zero-order chi connectivity index (χ0) is 35.6. The standard InChI is InChI=1S/C37H42NO5.F6P/c1-38-33-8-4-2-6-31(33)35(32-7-3-5-9-34(32)38)29-10-12-30(13-11-29)42-18-16-40-14-15-41-17-19-43-36(39)37-23-26-20-27(24-37)22-28(21-26)25-37;1-7(2,3,4,5)6/h2-13,26-28H,14-25H2,1H3;/q+1;-1. The molecule has 0 saturated heterocycles. The molecule has 50 heavy (non-hydrogen) atoms. The van der Waals surface area contributed by atoms with Crippen LogP contribution in [0.5, 0.6) is 5.75 Å². The van der Waals surface area contributed by atoms with Crippen LogP contribution >= 0.6 is 7.81 Å². The number of carbonyl (C=O) groups is 1. The number of hydrogen-bond acceptors (Lipinski definition) is 5. The first-order chi connectivity index (χ1) is 23.5. The summed E-state index contributed by atoms with van der Waals surface area (Å²) in [4.78, 5) is 12.9. The van der Waals surface area contributed by atoms with E-state index in [-0.39, 0.29) is 11.4 Å². The molecule has 0 N–H and O–H groups in total. The van der Waals surface area contributed by atoms with Crippen LogP contribution in [0.4, 0.5) is 25.2 Å². The van der Waals surface area contributed by atoms with Crippen molar-refractivity contribution in [1.29, 1.82) is 0 Å². The molecule has 0 aliphatic heterocycles. The fourth-order valence-electron chi connectivity index (χ4n) is 8.51. The van der Waals surface area contributed by atoms with Crippen LogP contribution < -0.4 is 9.30 Å². The second-order valence-corrected chi connectivity index (χ2v) is 15.8. The SMILES string of the molecule is C[n+]1c2ccccc2c(-c2ccc(OCCOCCOCCOC(=O)C34CC5CC(CC(C5)C3)C4)cc2)c2ccccc21.F[P-](F)(F)(F)(F)F. The van der Waals surface area contributed by atoms with Crippen molar-refractivity contribution in [3.05, 3.63) is 72.8 Å². The van der Waals surface area contributed by atoms with Crippen LogP contribution in [0.3, 0.4) is 0 Å². The summed E-state index contributed by atoms with van der Waals surface area (Å²) in [7, 11) is -8.53. The van der Waals surface area contributed by atoms with E-state index in [0.29, 0.717) is 39.6 Å². The van der Waals surface area contributed by atoms with Crippen molar-refractivity contribution >= 4 is 35.6 Å². The summed E-state index contributed by atoms with van der Waals surface area (Å²) in [5.41, 5.74) is 4.62. The molecule has 4 aliphatic carbocycles. The summed E-state index contributed by atoms with van der Waals surface area (Å²) in [5.74, 6) is 3.08. The van der Waals surface area contributed by atoms with E-state index in [9.17, 15) is 30.0 Å². The number of halogens is 6. The van der Waals surface area contributed by atoms with Gasteiger partial charge in [0.2, 0.25) is 11.0 Å². The van der Waals surface area contributed by atoms with E-state index in [1.54, 1.807) is 0 Å². The second-order valence-electron chi connectivity index (χ2n) is 13.9. The molecule has 0 unspecified atom stereocenters. The molecule has 3 aromatic carbocycles. The fourth-order valence-corrected chi connectivity index (χ4v) is 8.51. The Morgan fingerprint density at radius 1 is 0.680 bits per heavy atom. The van der Waals surface area contributed by atoms with Crippen molar-refractivity contribution in [2.75, 3.05) is 39.6 Å². The molecule has 0 spiro atoms. The molecule has 4 aromatic rings. The van der Waals surface area contributed by atoms with Crippen molar-refractivity contribution in [1.82, 2.24) is 0 Å². The second kappa shape index (κ2) is 13.6. The Morgan fingerprint density at radius 2 is 1.12 bits per heavy atom. The van der Waals surface area contributed by atoms with Crippen LogP contribution in [0.15, 0.2) is 72.8 Å². The Morgan fingerprint density at radius 3 is 1.62 bits per heavy atom. The Bertz CT molecular complexity index is 1730. The molecule has 4 fully saturated rings. The van der Waals surface area contributed by atoms with Gasteiger partial charge in [-0.15, -0.1) is 0 Å². The third kappa shape index (κ3) is 9.44. The molecule has 4 aliphatic rings. The minimum atomic E-state index is -10.7. The van der Waals surface area contributed by atoms with Gasteiger partial charge in [-0.25, -0.2) is 0 Å². The molecular weight excluding hydrogens is 683 g/mol. The van der Waals surface area contributed by atoms with Gasteiger partial charge in [0.1, 0.15) is 26.0 Å². The van der Waals surface area contributed by atoms with Crippen LogP contribution in [-0.2, 0) is 26.1 Å². The predicted molar refractivity (Wildman–Crippen MR) is 180 cm³/mol. The zero-order valence-electron chi connectivity index (χ0n) is 27.8. The fraction of sp³-hybridized carbons (Fsp3) is 0.459. The summed E-state index contributed by atoms with van der Waals surface area (Å²) < 4.78 is 84.4. The summed E-state index contributed by atoms with van der Waals surface area (Å²) in [6.45, 7) is 2.64. The number of esters is 1. The quantitative estimate of drug-likeness (QED) is 0.0364. The van der Waals surface area contributed by atoms with E-state index < -0.39 is 7.81 Å². The number of para-hydroxylation sites is 2. The summed E-state index contributed by atoms with van der Waals surface area (Å²) >= 11 is 0. The number of fused-ring (bicyclic) bond motifs is 2. The van der Waals surface area contributed by atoms with Crippen molar-refractivity contribution in [2.24, 2.45) is 30.2 Å². The molecule has 4 bridgehead atoms. The van der Waals surface area contributed by atoms with E-state index in [4.69, 9.17) is 18.9 Å². The number of benzene rings is 3. The number of aromatic nitrogens is 1. The average Bonchev–Trinajstić information content (AvgIpc) is 3.04. The maximum absolute atomic E-state index is 12.9. The van der Waals surface area contributed by atoms with Crippen LogP contribution in [-0.4, -0.2) is 45.6 Å². The van der Waals surface area contributed by atoms with Crippen molar-refractivity contribution in [3.8, 4) is 16.9 Å². The van der Waals surface area contributed by atoms with Gasteiger partial charge < -0.3 is 18.9 Å². The normalized spacial score (nSPS) is 23.9. The molecule has 1 heterocycles. The van der Waals surface area contributed by atoms with E-state index in [1.165, 1.54) is 46.6 Å². The Balaban J connectivity index is 0.000000561. The first-order valence-corrected chi connectivity index (χ1v) is 19.0. The summed E-state index contributed by atoms with van der Waals surface area (Å²) in [5, 5.41) is 2.46. The van der Waals surface area contributed by atoms with Crippen LogP contribution in [0.1, 0.15) is 38.5 Å². The molecule has 4 saturated carbocycles. The van der Waals surface area contributed by atoms with Gasteiger partial charge in [-0.1, -0.05) is 36.4 Å². The van der Waals surface area contributed by atoms with E-state index in [1.807, 2.05) is 12.1 Å². The predicted octanol–water partition coefficient (Wildman–Crippen LogP) is 10.0.